The molecule has 0 bridgehead atoms. The van der Waals surface area contributed by atoms with Gasteiger partial charge >= 0.3 is 0 Å². The molecule has 98 valence electrons. The maximum Gasteiger partial charge on any atom is 0.241 e. The molecular weight excluding hydrogens is 236 g/mol. The number of nitrogens with one attached hydrogen (secondary N) is 2. The molecule has 2 aromatic rings. The second kappa shape index (κ2) is 5.02. The molecule has 0 aromatic heterocycles. The van der Waals surface area contributed by atoms with Crippen LogP contribution in [0.2, 0.25) is 0 Å². The van der Waals surface area contributed by atoms with Gasteiger partial charge in [-0.1, -0.05) is 29.8 Å². The molecule has 1 atom stereocenters. The third-order valence-electron chi connectivity index (χ3n) is 3.64. The molecule has 1 heterocycles. The number of carbonyl (C=O) groups is 1. The van der Waals surface area contributed by atoms with Crippen molar-refractivity contribution < 1.29 is 4.79 Å². The van der Waals surface area contributed by atoms with Crippen molar-refractivity contribution in [1.82, 2.24) is 5.32 Å². The average molecular weight is 254 g/mol. The topological polar surface area (TPSA) is 41.1 Å². The summed E-state index contributed by atoms with van der Waals surface area (Å²) in [5.41, 5.74) is 2.12. The lowest BCUT2D eigenvalue weighted by Crippen LogP contribution is -2.35. The third-order valence-corrected chi connectivity index (χ3v) is 3.64. The number of rotatable bonds is 2. The Morgan fingerprint density at radius 3 is 2.79 bits per heavy atom. The van der Waals surface area contributed by atoms with E-state index < -0.39 is 0 Å². The van der Waals surface area contributed by atoms with E-state index in [0.717, 1.165) is 30.5 Å². The molecule has 1 amide bonds. The lowest BCUT2D eigenvalue weighted by atomic mass is 10.1. The van der Waals surface area contributed by atoms with E-state index >= 15 is 0 Å². The standard InChI is InChI=1S/C16H18N2O/c1-11-4-5-13-10-14(7-6-12(13)9-11)18-16(19)15-3-2-8-17-15/h4-7,9-10,15,17H,2-3,8H2,1H3,(H,18,19). The summed E-state index contributed by atoms with van der Waals surface area (Å²) in [4.78, 5) is 12.0. The summed E-state index contributed by atoms with van der Waals surface area (Å²) in [6.07, 6.45) is 2.01. The van der Waals surface area contributed by atoms with Gasteiger partial charge in [-0.3, -0.25) is 4.79 Å². The van der Waals surface area contributed by atoms with E-state index in [9.17, 15) is 4.79 Å². The predicted octanol–water partition coefficient (Wildman–Crippen LogP) is 2.84. The molecule has 1 unspecified atom stereocenters. The fraction of sp³-hybridized carbons (Fsp3) is 0.312. The van der Waals surface area contributed by atoms with Crippen LogP contribution < -0.4 is 10.6 Å². The van der Waals surface area contributed by atoms with Gasteiger partial charge in [0, 0.05) is 5.69 Å². The van der Waals surface area contributed by atoms with Crippen LogP contribution in [0.15, 0.2) is 36.4 Å². The molecule has 1 saturated heterocycles. The first-order valence-corrected chi connectivity index (χ1v) is 6.77. The zero-order valence-corrected chi connectivity index (χ0v) is 11.1. The molecule has 3 rings (SSSR count). The van der Waals surface area contributed by atoms with Crippen LogP contribution in [-0.4, -0.2) is 18.5 Å². The minimum atomic E-state index is -0.0336. The van der Waals surface area contributed by atoms with Gasteiger partial charge in [-0.15, -0.1) is 0 Å². The first kappa shape index (κ1) is 12.2. The van der Waals surface area contributed by atoms with Crippen LogP contribution >= 0.6 is 0 Å². The van der Waals surface area contributed by atoms with E-state index in [4.69, 9.17) is 0 Å². The Morgan fingerprint density at radius 1 is 1.21 bits per heavy atom. The highest BCUT2D eigenvalue weighted by Crippen LogP contribution is 2.21. The quantitative estimate of drug-likeness (QED) is 0.865. The van der Waals surface area contributed by atoms with Crippen molar-refractivity contribution in [3.05, 3.63) is 42.0 Å². The van der Waals surface area contributed by atoms with Crippen molar-refractivity contribution in [3.63, 3.8) is 0 Å². The van der Waals surface area contributed by atoms with E-state index in [0.29, 0.717) is 0 Å². The van der Waals surface area contributed by atoms with Crippen molar-refractivity contribution in [1.29, 1.82) is 0 Å². The molecular formula is C16H18N2O. The maximum absolute atomic E-state index is 12.0. The number of benzene rings is 2. The first-order chi connectivity index (χ1) is 9.22. The Morgan fingerprint density at radius 2 is 2.00 bits per heavy atom. The zero-order valence-electron chi connectivity index (χ0n) is 11.1. The lowest BCUT2D eigenvalue weighted by molar-refractivity contribution is -0.117. The van der Waals surface area contributed by atoms with E-state index in [1.54, 1.807) is 0 Å². The molecule has 0 radical (unpaired) electrons. The van der Waals surface area contributed by atoms with Crippen LogP contribution in [0.3, 0.4) is 0 Å². The minimum Gasteiger partial charge on any atom is -0.325 e. The SMILES string of the molecule is Cc1ccc2cc(NC(=O)C3CCCN3)ccc2c1. The largest absolute Gasteiger partial charge is 0.325 e. The first-order valence-electron chi connectivity index (χ1n) is 6.77. The van der Waals surface area contributed by atoms with Crippen LogP contribution in [0, 0.1) is 6.92 Å². The molecule has 3 nitrogen and oxygen atoms in total. The molecule has 1 aliphatic heterocycles. The monoisotopic (exact) mass is 254 g/mol. The van der Waals surface area contributed by atoms with E-state index in [1.165, 1.54) is 10.9 Å². The molecule has 19 heavy (non-hydrogen) atoms. The van der Waals surface area contributed by atoms with Gasteiger partial charge in [0.2, 0.25) is 5.91 Å². The van der Waals surface area contributed by atoms with Gasteiger partial charge in [-0.05, 0) is 49.2 Å². The summed E-state index contributed by atoms with van der Waals surface area (Å²) in [5.74, 6) is 0.0731. The predicted molar refractivity (Wildman–Crippen MR) is 78.3 cm³/mol. The van der Waals surface area contributed by atoms with Gasteiger partial charge in [-0.2, -0.15) is 0 Å². The Hall–Kier alpha value is -1.87. The number of amides is 1. The van der Waals surface area contributed by atoms with Crippen LogP contribution in [-0.2, 0) is 4.79 Å². The number of fused-ring (bicyclic) bond motifs is 1. The van der Waals surface area contributed by atoms with Gasteiger partial charge in [0.1, 0.15) is 0 Å². The summed E-state index contributed by atoms with van der Waals surface area (Å²) >= 11 is 0. The Balaban J connectivity index is 1.81. The fourth-order valence-electron chi connectivity index (χ4n) is 2.58. The normalized spacial score (nSPS) is 18.7. The van der Waals surface area contributed by atoms with Crippen molar-refractivity contribution in [2.75, 3.05) is 11.9 Å². The van der Waals surface area contributed by atoms with Gasteiger partial charge in [-0.25, -0.2) is 0 Å². The highest BCUT2D eigenvalue weighted by Gasteiger charge is 2.21. The molecule has 0 aliphatic carbocycles. The van der Waals surface area contributed by atoms with Gasteiger partial charge in [0.15, 0.2) is 0 Å². The molecule has 1 aliphatic rings. The maximum atomic E-state index is 12.0. The molecule has 3 heteroatoms. The Kier molecular flexibility index (Phi) is 3.22. The number of anilines is 1. The lowest BCUT2D eigenvalue weighted by Gasteiger charge is -2.11. The second-order valence-corrected chi connectivity index (χ2v) is 5.20. The minimum absolute atomic E-state index is 0.0336. The van der Waals surface area contributed by atoms with Crippen LogP contribution in [0.5, 0.6) is 0 Å². The van der Waals surface area contributed by atoms with E-state index in [1.807, 2.05) is 12.1 Å². The van der Waals surface area contributed by atoms with Crippen LogP contribution in [0.25, 0.3) is 10.8 Å². The molecule has 2 N–H and O–H groups in total. The Bertz CT molecular complexity index is 615. The van der Waals surface area contributed by atoms with Gasteiger partial charge in [0.05, 0.1) is 6.04 Å². The summed E-state index contributed by atoms with van der Waals surface area (Å²) in [6.45, 7) is 3.02. The average Bonchev–Trinajstić information content (AvgIpc) is 2.93. The van der Waals surface area contributed by atoms with E-state index in [2.05, 4.69) is 41.8 Å². The van der Waals surface area contributed by atoms with Crippen molar-refractivity contribution in [2.24, 2.45) is 0 Å². The highest BCUT2D eigenvalue weighted by molar-refractivity contribution is 5.97. The molecule has 0 saturated carbocycles. The van der Waals surface area contributed by atoms with Gasteiger partial charge in [0.25, 0.3) is 0 Å². The zero-order chi connectivity index (χ0) is 13.2. The summed E-state index contributed by atoms with van der Waals surface area (Å²) in [5, 5.41) is 8.56. The number of carbonyl (C=O) groups excluding carboxylic acids is 1. The third kappa shape index (κ3) is 2.61. The summed E-state index contributed by atoms with van der Waals surface area (Å²) in [6, 6.07) is 12.4. The summed E-state index contributed by atoms with van der Waals surface area (Å²) < 4.78 is 0. The number of hydrogen-bond donors (Lipinski definition) is 2. The molecule has 0 spiro atoms. The van der Waals surface area contributed by atoms with Crippen LogP contribution in [0.1, 0.15) is 18.4 Å². The van der Waals surface area contributed by atoms with Crippen molar-refractivity contribution in [2.45, 2.75) is 25.8 Å². The van der Waals surface area contributed by atoms with E-state index in [-0.39, 0.29) is 11.9 Å². The second-order valence-electron chi connectivity index (χ2n) is 5.20. The highest BCUT2D eigenvalue weighted by atomic mass is 16.2. The molecule has 2 aromatic carbocycles. The Labute approximate surface area is 113 Å². The summed E-state index contributed by atoms with van der Waals surface area (Å²) in [7, 11) is 0. The van der Waals surface area contributed by atoms with Crippen molar-refractivity contribution in [3.8, 4) is 0 Å². The van der Waals surface area contributed by atoms with Crippen LogP contribution in [0.4, 0.5) is 5.69 Å². The number of hydrogen-bond acceptors (Lipinski definition) is 2. The smallest absolute Gasteiger partial charge is 0.241 e. The fourth-order valence-corrected chi connectivity index (χ4v) is 2.58. The number of aryl methyl sites for hydroxylation is 1. The molecule has 1 fully saturated rings. The van der Waals surface area contributed by atoms with Crippen molar-refractivity contribution >= 4 is 22.4 Å². The van der Waals surface area contributed by atoms with Gasteiger partial charge < -0.3 is 10.6 Å².